The van der Waals surface area contributed by atoms with E-state index >= 15 is 0 Å². The number of aromatic nitrogens is 18. The van der Waals surface area contributed by atoms with Gasteiger partial charge < -0.3 is 0 Å². The van der Waals surface area contributed by atoms with Crippen LogP contribution in [-0.4, -0.2) is 90.0 Å². The Labute approximate surface area is 729 Å². The summed E-state index contributed by atoms with van der Waals surface area (Å²) in [6, 6.07) is 0. The van der Waals surface area contributed by atoms with Crippen molar-refractivity contribution in [3.8, 4) is 0 Å². The van der Waals surface area contributed by atoms with Crippen LogP contribution in [0.2, 0.25) is 0 Å². The summed E-state index contributed by atoms with van der Waals surface area (Å²) in [6.07, 6.45) is 71.1. The van der Waals surface area contributed by atoms with Gasteiger partial charge in [-0.25, -0.2) is 18.7 Å². The van der Waals surface area contributed by atoms with Crippen LogP contribution in [-0.2, 0) is 77.8 Å². The lowest BCUT2D eigenvalue weighted by molar-refractivity contribution is 0.476. The molecule has 6 rings (SSSR count). The van der Waals surface area contributed by atoms with Crippen molar-refractivity contribution in [1.29, 1.82) is 0 Å². The Balaban J connectivity index is 0.000000708. The lowest BCUT2D eigenvalue weighted by atomic mass is 10.0. The van der Waals surface area contributed by atoms with Gasteiger partial charge in [0.05, 0.1) is 59.0 Å². The quantitative estimate of drug-likeness (QED) is 0.0330. The first-order valence-corrected chi connectivity index (χ1v) is 49.8. The molecular weight excluding hydrogens is 1450 g/mol. The third kappa shape index (κ3) is 67.4. The zero-order valence-corrected chi connectivity index (χ0v) is 82.2. The van der Waals surface area contributed by atoms with Crippen molar-refractivity contribution in [2.24, 2.45) is 71.0 Å². The van der Waals surface area contributed by atoms with E-state index in [9.17, 15) is 0 Å². The molecule has 0 aromatic carbocycles. The van der Waals surface area contributed by atoms with Crippen LogP contribution < -0.4 is 0 Å². The van der Waals surface area contributed by atoms with Crippen molar-refractivity contribution >= 4 is 0 Å². The highest BCUT2D eigenvalue weighted by molar-refractivity contribution is 4.98. The molecule has 0 radical (unpaired) electrons. The van der Waals surface area contributed by atoms with Crippen molar-refractivity contribution in [2.75, 3.05) is 0 Å². The summed E-state index contributed by atoms with van der Waals surface area (Å²) >= 11 is 0. The fourth-order valence-corrected chi connectivity index (χ4v) is 14.4. The van der Waals surface area contributed by atoms with Gasteiger partial charge in [-0.15, -0.1) is 30.6 Å². The third-order valence-electron chi connectivity index (χ3n) is 22.2. The Bertz CT molecular complexity index is 2870. The second-order valence-corrected chi connectivity index (χ2v) is 40.3. The molecule has 0 saturated carbocycles. The first kappa shape index (κ1) is 111. The smallest absolute Gasteiger partial charge is 0.0827 e. The Morgan fingerprint density at radius 2 is 0.390 bits per heavy atom. The number of aryl methyl sites for hydroxylation is 12. The van der Waals surface area contributed by atoms with Crippen molar-refractivity contribution in [1.82, 2.24) is 90.0 Å². The number of unbranched alkanes of at least 4 members (excludes halogenated alkanes) is 18. The molecule has 6 aromatic rings. The highest BCUT2D eigenvalue weighted by Crippen LogP contribution is 2.20. The maximum atomic E-state index is 4.26. The number of hydrogen-bond donors (Lipinski definition) is 0. The van der Waals surface area contributed by atoms with Gasteiger partial charge >= 0.3 is 0 Å². The van der Waals surface area contributed by atoms with E-state index in [1.807, 2.05) is 34.2 Å². The molecule has 0 amide bonds. The maximum Gasteiger partial charge on any atom is 0.0827 e. The molecule has 18 nitrogen and oxygen atoms in total. The lowest BCUT2D eigenvalue weighted by Crippen LogP contribution is -2.06. The largest absolute Gasteiger partial charge is 0.252 e. The number of nitrogens with zero attached hydrogens (tertiary/aromatic N) is 18. The molecular formula is C100H194N18. The zero-order valence-electron chi connectivity index (χ0n) is 82.2. The minimum atomic E-state index is 0.749. The Hall–Kier alpha value is -5.16. The minimum absolute atomic E-state index is 0.749. The molecule has 0 N–H and O–H groups in total. The zero-order chi connectivity index (χ0) is 87.4. The summed E-state index contributed by atoms with van der Waals surface area (Å²) in [5, 5.41) is 50.1. The van der Waals surface area contributed by atoms with Crippen LogP contribution in [0.4, 0.5) is 0 Å². The first-order chi connectivity index (χ1) is 56.5. The molecule has 0 unspecified atom stereocenters. The molecule has 18 heteroatoms. The van der Waals surface area contributed by atoms with Crippen LogP contribution in [0, 0.1) is 71.0 Å². The monoisotopic (exact) mass is 1650 g/mol. The predicted octanol–water partition coefficient (Wildman–Crippen LogP) is 28.4. The van der Waals surface area contributed by atoms with Crippen LogP contribution in [0.25, 0.3) is 0 Å². The topological polar surface area (TPSA) is 184 Å². The van der Waals surface area contributed by atoms with Crippen LogP contribution in [0.1, 0.15) is 457 Å². The lowest BCUT2D eigenvalue weighted by Gasteiger charge is -2.08. The predicted molar refractivity (Wildman–Crippen MR) is 505 cm³/mol. The molecule has 6 heterocycles. The average molecular weight is 1650 g/mol. The first-order valence-electron chi connectivity index (χ1n) is 49.8. The van der Waals surface area contributed by atoms with Gasteiger partial charge in [-0.1, -0.05) is 364 Å². The van der Waals surface area contributed by atoms with E-state index in [4.69, 9.17) is 0 Å². The van der Waals surface area contributed by atoms with Gasteiger partial charge in [-0.2, -0.15) is 0 Å². The fraction of sp³-hybridized carbons (Fsp3) is 0.880. The highest BCUT2D eigenvalue weighted by Gasteiger charge is 2.12. The van der Waals surface area contributed by atoms with Crippen LogP contribution in [0.3, 0.4) is 0 Å². The number of hydrogen-bond acceptors (Lipinski definition) is 12. The van der Waals surface area contributed by atoms with Crippen molar-refractivity contribution in [2.45, 2.75) is 501 Å². The Morgan fingerprint density at radius 3 is 0.636 bits per heavy atom. The van der Waals surface area contributed by atoms with Gasteiger partial charge in [0.1, 0.15) is 0 Å². The van der Waals surface area contributed by atoms with E-state index in [2.05, 4.69) is 259 Å². The van der Waals surface area contributed by atoms with Crippen molar-refractivity contribution in [3.63, 3.8) is 0 Å². The van der Waals surface area contributed by atoms with Crippen LogP contribution in [0.15, 0.2) is 37.2 Å². The Morgan fingerprint density at radius 1 is 0.186 bits per heavy atom. The molecule has 118 heavy (non-hydrogen) atoms. The maximum absolute atomic E-state index is 4.26. The minimum Gasteiger partial charge on any atom is -0.252 e. The number of rotatable bonds is 64. The van der Waals surface area contributed by atoms with Crippen LogP contribution >= 0.6 is 0 Å². The van der Waals surface area contributed by atoms with Gasteiger partial charge in [-0.05, 0) is 199 Å². The van der Waals surface area contributed by atoms with E-state index in [0.717, 1.165) is 160 Å². The molecule has 0 aliphatic carbocycles. The van der Waals surface area contributed by atoms with Gasteiger partial charge in [0.25, 0.3) is 0 Å². The molecule has 0 atom stereocenters. The van der Waals surface area contributed by atoms with Crippen molar-refractivity contribution in [3.05, 3.63) is 71.3 Å². The van der Waals surface area contributed by atoms with E-state index < -0.39 is 0 Å². The van der Waals surface area contributed by atoms with E-state index in [1.165, 1.54) is 280 Å². The summed E-state index contributed by atoms with van der Waals surface area (Å²) in [7, 11) is 0. The molecule has 0 saturated heterocycles. The molecule has 0 aliphatic rings. The fourth-order valence-electron chi connectivity index (χ4n) is 14.4. The second kappa shape index (κ2) is 73.4. The highest BCUT2D eigenvalue weighted by atomic mass is 15.4. The van der Waals surface area contributed by atoms with Gasteiger partial charge in [0, 0.05) is 51.7 Å². The van der Waals surface area contributed by atoms with Crippen molar-refractivity contribution < 1.29 is 0 Å². The molecule has 0 spiro atoms. The normalized spacial score (nSPS) is 11.7. The van der Waals surface area contributed by atoms with Gasteiger partial charge in [0.15, 0.2) is 0 Å². The third-order valence-corrected chi connectivity index (χ3v) is 22.2. The van der Waals surface area contributed by atoms with E-state index in [1.54, 1.807) is 0 Å². The molecule has 0 fully saturated rings. The van der Waals surface area contributed by atoms with E-state index in [-0.39, 0.29) is 0 Å². The van der Waals surface area contributed by atoms with Gasteiger partial charge in [-0.3, -0.25) is 9.36 Å². The van der Waals surface area contributed by atoms with Crippen LogP contribution in [0.5, 0.6) is 0 Å². The summed E-state index contributed by atoms with van der Waals surface area (Å²) in [5.41, 5.74) is 7.56. The summed E-state index contributed by atoms with van der Waals surface area (Å²) in [6.45, 7) is 61.1. The average Bonchev–Trinajstić information content (AvgIpc) is 1.78. The molecule has 0 bridgehead atoms. The van der Waals surface area contributed by atoms with Gasteiger partial charge in [0.2, 0.25) is 0 Å². The summed E-state index contributed by atoms with van der Waals surface area (Å²) in [4.78, 5) is 0. The second-order valence-electron chi connectivity index (χ2n) is 40.3. The Kier molecular flexibility index (Phi) is 68.9. The van der Waals surface area contributed by atoms with E-state index in [0.29, 0.717) is 0 Å². The standard InChI is InChI=1S/4C17H33N3.2C16H31N3/c2*1-15(2)10-7-5-6-8-13-20-17(14-18-19-20)12-9-11-16(3)4;2*1-15(2)10-8-6-5-7-9-13-20-17(14-18-19-20)12-11-16(3)4;2*1-14(2)9-6-5-7-11-16-13-19(18-17-16)12-8-10-15(3)4/h4*14-16H,5-13H2,1-4H3;2*13-15H,5-12H2,1-4H3. The SMILES string of the molecule is CC(C)CCCCCCCn1nncc1CCC(C)C.CC(C)CCCCCCCn1nncc1CCC(C)C.CC(C)CCCCCCn1nncc1CCCC(C)C.CC(C)CCCCCCn1nncc1CCCC(C)C.CC(C)CCCCCc1cn(CCCC(C)C)nn1.CC(C)CCCCCc1cn(CCCC(C)C)nn1. The molecule has 684 valence electrons. The summed E-state index contributed by atoms with van der Waals surface area (Å²) in [5.74, 6) is 9.72. The molecule has 6 aromatic heterocycles. The summed E-state index contributed by atoms with van der Waals surface area (Å²) < 4.78 is 12.5. The molecule has 0 aliphatic heterocycles.